The third-order valence-corrected chi connectivity index (χ3v) is 7.11. The highest BCUT2D eigenvalue weighted by atomic mass is 35.5. The molecule has 1 aromatic carbocycles. The second kappa shape index (κ2) is 6.19. The van der Waals surface area contributed by atoms with Crippen LogP contribution in [0.15, 0.2) is 12.1 Å². The zero-order valence-electron chi connectivity index (χ0n) is 15.4. The SMILES string of the molecule is Cc1cc(O[C@@H](C)C(=O)NC23CC4CC(CC(C4)C2)C3)cc(C)c1Cl. The average molecular weight is 362 g/mol. The fraction of sp³-hybridized carbons (Fsp3) is 0.667. The van der Waals surface area contributed by atoms with E-state index in [4.69, 9.17) is 16.3 Å². The van der Waals surface area contributed by atoms with Gasteiger partial charge in [-0.25, -0.2) is 0 Å². The number of nitrogens with one attached hydrogen (secondary N) is 1. The van der Waals surface area contributed by atoms with E-state index >= 15 is 0 Å². The molecule has 4 bridgehead atoms. The van der Waals surface area contributed by atoms with Gasteiger partial charge in [-0.1, -0.05) is 11.6 Å². The van der Waals surface area contributed by atoms with Crippen molar-refractivity contribution >= 4 is 17.5 Å². The van der Waals surface area contributed by atoms with Crippen LogP contribution in [0.2, 0.25) is 5.02 Å². The molecule has 5 rings (SSSR count). The Labute approximate surface area is 155 Å². The van der Waals surface area contributed by atoms with Crippen molar-refractivity contribution in [3.63, 3.8) is 0 Å². The van der Waals surface area contributed by atoms with Gasteiger partial charge in [0, 0.05) is 10.6 Å². The van der Waals surface area contributed by atoms with Crippen LogP contribution in [0.4, 0.5) is 0 Å². The highest BCUT2D eigenvalue weighted by Crippen LogP contribution is 2.55. The van der Waals surface area contributed by atoms with Crippen LogP contribution in [0.25, 0.3) is 0 Å². The molecule has 4 aliphatic carbocycles. The van der Waals surface area contributed by atoms with Gasteiger partial charge < -0.3 is 10.1 Å². The molecular formula is C21H28ClNO2. The first-order valence-corrected chi connectivity index (χ1v) is 9.97. The normalized spacial score (nSPS) is 34.0. The quantitative estimate of drug-likeness (QED) is 0.835. The van der Waals surface area contributed by atoms with Crippen LogP contribution in [-0.2, 0) is 4.79 Å². The van der Waals surface area contributed by atoms with E-state index in [9.17, 15) is 4.79 Å². The van der Waals surface area contributed by atoms with Crippen molar-refractivity contribution in [2.75, 3.05) is 0 Å². The summed E-state index contributed by atoms with van der Waals surface area (Å²) in [4.78, 5) is 12.8. The summed E-state index contributed by atoms with van der Waals surface area (Å²) in [5, 5.41) is 4.16. The molecule has 25 heavy (non-hydrogen) atoms. The summed E-state index contributed by atoms with van der Waals surface area (Å²) in [6, 6.07) is 3.81. The van der Waals surface area contributed by atoms with Crippen molar-refractivity contribution in [2.24, 2.45) is 17.8 Å². The smallest absolute Gasteiger partial charge is 0.261 e. The topological polar surface area (TPSA) is 38.3 Å². The van der Waals surface area contributed by atoms with E-state index in [-0.39, 0.29) is 11.4 Å². The first-order valence-electron chi connectivity index (χ1n) is 9.59. The van der Waals surface area contributed by atoms with Crippen LogP contribution in [-0.4, -0.2) is 17.6 Å². The lowest BCUT2D eigenvalue weighted by Crippen LogP contribution is -2.61. The lowest BCUT2D eigenvalue weighted by atomic mass is 9.53. The molecule has 1 N–H and O–H groups in total. The molecule has 136 valence electrons. The summed E-state index contributed by atoms with van der Waals surface area (Å²) < 4.78 is 5.94. The molecule has 4 heteroatoms. The fourth-order valence-corrected chi connectivity index (χ4v) is 5.97. The van der Waals surface area contributed by atoms with E-state index in [1.165, 1.54) is 19.3 Å². The number of carbonyl (C=O) groups excluding carboxylic acids is 1. The Bertz CT molecular complexity index is 641. The van der Waals surface area contributed by atoms with Crippen molar-refractivity contribution in [1.29, 1.82) is 0 Å². The lowest BCUT2D eigenvalue weighted by molar-refractivity contribution is -0.133. The number of aryl methyl sites for hydroxylation is 2. The van der Waals surface area contributed by atoms with E-state index in [0.717, 1.165) is 53.2 Å². The van der Waals surface area contributed by atoms with Crippen molar-refractivity contribution in [3.05, 3.63) is 28.3 Å². The van der Waals surface area contributed by atoms with Crippen LogP contribution in [0.5, 0.6) is 5.75 Å². The lowest BCUT2D eigenvalue weighted by Gasteiger charge is -2.57. The molecule has 1 amide bonds. The molecule has 4 saturated carbocycles. The van der Waals surface area contributed by atoms with Crippen LogP contribution >= 0.6 is 11.6 Å². The van der Waals surface area contributed by atoms with Gasteiger partial charge in [-0.2, -0.15) is 0 Å². The molecule has 4 fully saturated rings. The van der Waals surface area contributed by atoms with E-state index in [1.807, 2.05) is 32.9 Å². The molecule has 0 aliphatic heterocycles. The zero-order valence-corrected chi connectivity index (χ0v) is 16.2. The van der Waals surface area contributed by atoms with Gasteiger partial charge in [-0.3, -0.25) is 4.79 Å². The Morgan fingerprint density at radius 1 is 1.12 bits per heavy atom. The Kier molecular flexibility index (Phi) is 4.26. The van der Waals surface area contributed by atoms with E-state index < -0.39 is 6.10 Å². The maximum atomic E-state index is 12.8. The summed E-state index contributed by atoms with van der Waals surface area (Å²) in [7, 11) is 0. The molecule has 0 radical (unpaired) electrons. The Morgan fingerprint density at radius 2 is 1.60 bits per heavy atom. The number of benzene rings is 1. The first kappa shape index (κ1) is 17.2. The highest BCUT2D eigenvalue weighted by molar-refractivity contribution is 6.32. The van der Waals surface area contributed by atoms with Gasteiger partial charge in [0.1, 0.15) is 5.75 Å². The third-order valence-electron chi connectivity index (χ3n) is 6.52. The molecule has 4 aliphatic rings. The van der Waals surface area contributed by atoms with Crippen LogP contribution < -0.4 is 10.1 Å². The number of rotatable bonds is 4. The maximum Gasteiger partial charge on any atom is 0.261 e. The summed E-state index contributed by atoms with van der Waals surface area (Å²) in [5.74, 6) is 3.21. The van der Waals surface area contributed by atoms with Gasteiger partial charge in [0.15, 0.2) is 6.10 Å². The van der Waals surface area contributed by atoms with Crippen molar-refractivity contribution < 1.29 is 9.53 Å². The number of halogens is 1. The minimum absolute atomic E-state index is 0.0206. The zero-order chi connectivity index (χ0) is 17.8. The largest absolute Gasteiger partial charge is 0.481 e. The van der Waals surface area contributed by atoms with E-state index in [2.05, 4.69) is 5.32 Å². The van der Waals surface area contributed by atoms with Crippen LogP contribution in [0.1, 0.15) is 56.6 Å². The summed E-state index contributed by atoms with van der Waals surface area (Å²) in [6.07, 6.45) is 7.14. The van der Waals surface area contributed by atoms with Gasteiger partial charge >= 0.3 is 0 Å². The van der Waals surface area contributed by atoms with Gasteiger partial charge in [-0.05, 0) is 100 Å². The average Bonchev–Trinajstić information content (AvgIpc) is 2.50. The van der Waals surface area contributed by atoms with Crippen molar-refractivity contribution in [3.8, 4) is 5.75 Å². The Morgan fingerprint density at radius 3 is 2.08 bits per heavy atom. The molecule has 0 aromatic heterocycles. The minimum Gasteiger partial charge on any atom is -0.481 e. The highest BCUT2D eigenvalue weighted by Gasteiger charge is 2.51. The van der Waals surface area contributed by atoms with E-state index in [1.54, 1.807) is 0 Å². The van der Waals surface area contributed by atoms with E-state index in [0.29, 0.717) is 5.75 Å². The van der Waals surface area contributed by atoms with Crippen LogP contribution in [0, 0.1) is 31.6 Å². The number of hydrogen-bond acceptors (Lipinski definition) is 2. The molecule has 0 saturated heterocycles. The second-order valence-corrected chi connectivity index (χ2v) is 9.20. The number of carbonyl (C=O) groups is 1. The van der Waals surface area contributed by atoms with Crippen LogP contribution in [0.3, 0.4) is 0 Å². The molecule has 0 unspecified atom stereocenters. The Hall–Kier alpha value is -1.22. The molecule has 1 atom stereocenters. The predicted molar refractivity (Wildman–Crippen MR) is 100 cm³/mol. The molecule has 0 heterocycles. The van der Waals surface area contributed by atoms with Gasteiger partial charge in [0.2, 0.25) is 0 Å². The first-order chi connectivity index (χ1) is 11.8. The maximum absolute atomic E-state index is 12.8. The fourth-order valence-electron chi connectivity index (χ4n) is 5.86. The van der Waals surface area contributed by atoms with Crippen molar-refractivity contribution in [2.45, 2.75) is 70.9 Å². The summed E-state index contributed by atoms with van der Waals surface area (Å²) >= 11 is 6.22. The van der Waals surface area contributed by atoms with Gasteiger partial charge in [-0.15, -0.1) is 0 Å². The van der Waals surface area contributed by atoms with Gasteiger partial charge in [0.25, 0.3) is 5.91 Å². The molecular weight excluding hydrogens is 334 g/mol. The molecule has 0 spiro atoms. The van der Waals surface area contributed by atoms with Gasteiger partial charge in [0.05, 0.1) is 0 Å². The number of ether oxygens (including phenoxy) is 1. The third kappa shape index (κ3) is 3.28. The molecule has 3 nitrogen and oxygen atoms in total. The standard InChI is InChI=1S/C21H28ClNO2/c1-12-4-18(5-13(2)19(12)22)25-14(3)20(24)23-21-9-15-6-16(10-21)8-17(7-15)11-21/h4-5,14-17H,6-11H2,1-3H3,(H,23,24)/t14-,15?,16?,17?,21?/m0/s1. The van der Waals surface area contributed by atoms with Crippen molar-refractivity contribution in [1.82, 2.24) is 5.32 Å². The predicted octanol–water partition coefficient (Wildman–Crippen LogP) is 4.81. The second-order valence-electron chi connectivity index (χ2n) is 8.82. The Balaban J connectivity index is 1.43. The number of amides is 1. The minimum atomic E-state index is -0.493. The number of hydrogen-bond donors (Lipinski definition) is 1. The molecule has 1 aromatic rings. The summed E-state index contributed by atoms with van der Waals surface area (Å²) in [6.45, 7) is 5.76. The monoisotopic (exact) mass is 361 g/mol. The summed E-state index contributed by atoms with van der Waals surface area (Å²) in [5.41, 5.74) is 1.99.